The van der Waals surface area contributed by atoms with Crippen LogP contribution < -0.4 is 10.2 Å². The van der Waals surface area contributed by atoms with Crippen LogP contribution in [0.4, 0.5) is 11.4 Å². The monoisotopic (exact) mass is 353 g/mol. The summed E-state index contributed by atoms with van der Waals surface area (Å²) in [4.78, 5) is 28.5. The van der Waals surface area contributed by atoms with E-state index >= 15 is 0 Å². The summed E-state index contributed by atoms with van der Waals surface area (Å²) in [5.74, 6) is -0.142. The van der Waals surface area contributed by atoms with Crippen LogP contribution in [0, 0.1) is 6.92 Å². The van der Waals surface area contributed by atoms with Gasteiger partial charge in [0.05, 0.1) is 13.1 Å². The van der Waals surface area contributed by atoms with Crippen molar-refractivity contribution in [3.63, 3.8) is 0 Å². The van der Waals surface area contributed by atoms with Crippen molar-refractivity contribution in [2.75, 3.05) is 36.9 Å². The molecule has 2 rings (SSSR count). The fourth-order valence-corrected chi connectivity index (χ4v) is 2.73. The molecular weight excluding hydrogens is 326 g/mol. The predicted molar refractivity (Wildman–Crippen MR) is 106 cm³/mol. The smallest absolute Gasteiger partial charge is 0.240 e. The van der Waals surface area contributed by atoms with Crippen LogP contribution in [0.15, 0.2) is 54.6 Å². The standard InChI is InChI=1S/C21H27N3O2/c1-4-14-24(15-20(25)22-19-13-9-8-10-17(19)2)16-21(26)23(3)18-11-6-5-7-12-18/h5-13H,4,14-16H2,1-3H3,(H,22,25). The summed E-state index contributed by atoms with van der Waals surface area (Å²) >= 11 is 0. The van der Waals surface area contributed by atoms with Gasteiger partial charge in [0.15, 0.2) is 0 Å². The number of amides is 2. The SMILES string of the molecule is CCCN(CC(=O)Nc1ccccc1C)CC(=O)N(C)c1ccccc1. The van der Waals surface area contributed by atoms with Crippen LogP contribution in [0.25, 0.3) is 0 Å². The molecule has 0 heterocycles. The van der Waals surface area contributed by atoms with Gasteiger partial charge in [0.25, 0.3) is 0 Å². The zero-order chi connectivity index (χ0) is 18.9. The van der Waals surface area contributed by atoms with E-state index < -0.39 is 0 Å². The number of nitrogens with zero attached hydrogens (tertiary/aromatic N) is 2. The van der Waals surface area contributed by atoms with Crippen LogP contribution in [0.5, 0.6) is 0 Å². The summed E-state index contributed by atoms with van der Waals surface area (Å²) in [7, 11) is 1.76. The molecule has 2 aromatic rings. The number of anilines is 2. The number of rotatable bonds is 8. The van der Waals surface area contributed by atoms with Crippen molar-refractivity contribution in [2.24, 2.45) is 0 Å². The summed E-state index contributed by atoms with van der Waals surface area (Å²) in [5.41, 5.74) is 2.67. The van der Waals surface area contributed by atoms with Crippen LogP contribution in [0.1, 0.15) is 18.9 Å². The normalized spacial score (nSPS) is 10.6. The Hall–Kier alpha value is -2.66. The van der Waals surface area contributed by atoms with Gasteiger partial charge in [-0.3, -0.25) is 14.5 Å². The van der Waals surface area contributed by atoms with Crippen LogP contribution in [-0.2, 0) is 9.59 Å². The van der Waals surface area contributed by atoms with Gasteiger partial charge < -0.3 is 10.2 Å². The highest BCUT2D eigenvalue weighted by atomic mass is 16.2. The fourth-order valence-electron chi connectivity index (χ4n) is 2.73. The highest BCUT2D eigenvalue weighted by Gasteiger charge is 2.18. The number of aryl methyl sites for hydroxylation is 1. The molecule has 0 aliphatic carbocycles. The van der Waals surface area contributed by atoms with E-state index in [0.717, 1.165) is 23.4 Å². The Morgan fingerprint density at radius 1 is 0.962 bits per heavy atom. The van der Waals surface area contributed by atoms with Gasteiger partial charge in [-0.15, -0.1) is 0 Å². The summed E-state index contributed by atoms with van der Waals surface area (Å²) in [6.07, 6.45) is 0.875. The molecule has 26 heavy (non-hydrogen) atoms. The van der Waals surface area contributed by atoms with Crippen LogP contribution in [0.2, 0.25) is 0 Å². The van der Waals surface area contributed by atoms with Crippen LogP contribution >= 0.6 is 0 Å². The average Bonchev–Trinajstić information content (AvgIpc) is 2.64. The number of likely N-dealkylation sites (N-methyl/N-ethyl adjacent to an activating group) is 1. The highest BCUT2D eigenvalue weighted by molar-refractivity contribution is 5.96. The summed E-state index contributed by atoms with van der Waals surface area (Å²) < 4.78 is 0. The number of hydrogen-bond donors (Lipinski definition) is 1. The zero-order valence-electron chi connectivity index (χ0n) is 15.7. The molecule has 5 nitrogen and oxygen atoms in total. The predicted octanol–water partition coefficient (Wildman–Crippen LogP) is 3.31. The van der Waals surface area contributed by atoms with Gasteiger partial charge in [0, 0.05) is 18.4 Å². The van der Waals surface area contributed by atoms with E-state index in [1.54, 1.807) is 11.9 Å². The average molecular weight is 353 g/mol. The molecule has 0 spiro atoms. The lowest BCUT2D eigenvalue weighted by Gasteiger charge is -2.24. The number of benzene rings is 2. The van der Waals surface area contributed by atoms with Crippen molar-refractivity contribution in [3.05, 3.63) is 60.2 Å². The van der Waals surface area contributed by atoms with Gasteiger partial charge in [-0.25, -0.2) is 0 Å². The maximum Gasteiger partial charge on any atom is 0.240 e. The maximum absolute atomic E-state index is 12.6. The Bertz CT molecular complexity index is 731. The molecule has 2 aromatic carbocycles. The molecule has 0 aliphatic rings. The Balaban J connectivity index is 1.96. The third kappa shape index (κ3) is 5.70. The molecule has 0 radical (unpaired) electrons. The first-order chi connectivity index (χ1) is 12.5. The van der Waals surface area contributed by atoms with Crippen molar-refractivity contribution in [2.45, 2.75) is 20.3 Å². The Kier molecular flexibility index (Phi) is 7.36. The zero-order valence-corrected chi connectivity index (χ0v) is 15.7. The molecule has 0 unspecified atom stereocenters. The molecule has 0 saturated carbocycles. The first kappa shape index (κ1) is 19.7. The fraction of sp³-hybridized carbons (Fsp3) is 0.333. The van der Waals surface area contributed by atoms with E-state index in [1.807, 2.05) is 73.3 Å². The first-order valence-corrected chi connectivity index (χ1v) is 8.90. The molecule has 1 N–H and O–H groups in total. The molecule has 0 saturated heterocycles. The van der Waals surface area contributed by atoms with Gasteiger partial charge in [0.2, 0.25) is 11.8 Å². The van der Waals surface area contributed by atoms with Gasteiger partial charge in [0.1, 0.15) is 0 Å². The molecule has 0 atom stereocenters. The molecule has 0 aliphatic heterocycles. The second-order valence-corrected chi connectivity index (χ2v) is 6.36. The molecule has 2 amide bonds. The molecule has 5 heteroatoms. The van der Waals surface area contributed by atoms with Crippen molar-refractivity contribution in [3.8, 4) is 0 Å². The van der Waals surface area contributed by atoms with E-state index in [0.29, 0.717) is 6.54 Å². The van der Waals surface area contributed by atoms with Gasteiger partial charge >= 0.3 is 0 Å². The van der Waals surface area contributed by atoms with Crippen molar-refractivity contribution in [1.82, 2.24) is 4.90 Å². The van der Waals surface area contributed by atoms with Gasteiger partial charge in [-0.2, -0.15) is 0 Å². The largest absolute Gasteiger partial charge is 0.325 e. The second-order valence-electron chi connectivity index (χ2n) is 6.36. The van der Waals surface area contributed by atoms with Crippen molar-refractivity contribution >= 4 is 23.2 Å². The third-order valence-electron chi connectivity index (χ3n) is 4.20. The number of hydrogen-bond acceptors (Lipinski definition) is 3. The van der Waals surface area contributed by atoms with Crippen molar-refractivity contribution in [1.29, 1.82) is 0 Å². The maximum atomic E-state index is 12.6. The second kappa shape index (κ2) is 9.73. The highest BCUT2D eigenvalue weighted by Crippen LogP contribution is 2.14. The summed E-state index contributed by atoms with van der Waals surface area (Å²) in [6, 6.07) is 17.2. The van der Waals surface area contributed by atoms with Crippen LogP contribution in [0.3, 0.4) is 0 Å². The summed E-state index contributed by atoms with van der Waals surface area (Å²) in [5, 5.41) is 2.93. The number of para-hydroxylation sites is 2. The topological polar surface area (TPSA) is 52.7 Å². The Labute approximate surface area is 155 Å². The van der Waals surface area contributed by atoms with Gasteiger partial charge in [-0.05, 0) is 43.7 Å². The number of nitrogens with one attached hydrogen (secondary N) is 1. The lowest BCUT2D eigenvalue weighted by molar-refractivity contribution is -0.121. The van der Waals surface area contributed by atoms with Gasteiger partial charge in [-0.1, -0.05) is 43.3 Å². The summed E-state index contributed by atoms with van der Waals surface area (Å²) in [6.45, 7) is 5.09. The lowest BCUT2D eigenvalue weighted by atomic mass is 10.2. The van der Waals surface area contributed by atoms with E-state index in [1.165, 1.54) is 0 Å². The minimum Gasteiger partial charge on any atom is -0.325 e. The Morgan fingerprint density at radius 3 is 2.27 bits per heavy atom. The Morgan fingerprint density at radius 2 is 1.62 bits per heavy atom. The van der Waals surface area contributed by atoms with E-state index in [9.17, 15) is 9.59 Å². The van der Waals surface area contributed by atoms with E-state index in [2.05, 4.69) is 5.32 Å². The third-order valence-corrected chi connectivity index (χ3v) is 4.20. The molecular formula is C21H27N3O2. The molecule has 0 aromatic heterocycles. The van der Waals surface area contributed by atoms with Crippen LogP contribution in [-0.4, -0.2) is 43.4 Å². The molecule has 138 valence electrons. The number of carbonyl (C=O) groups excluding carboxylic acids is 2. The molecule has 0 bridgehead atoms. The minimum absolute atomic E-state index is 0.0339. The van der Waals surface area contributed by atoms with E-state index in [4.69, 9.17) is 0 Å². The first-order valence-electron chi connectivity index (χ1n) is 8.90. The molecule has 0 fully saturated rings. The quantitative estimate of drug-likeness (QED) is 0.792. The van der Waals surface area contributed by atoms with Crippen molar-refractivity contribution < 1.29 is 9.59 Å². The number of carbonyl (C=O) groups is 2. The minimum atomic E-state index is -0.108. The van der Waals surface area contributed by atoms with E-state index in [-0.39, 0.29) is 24.9 Å². The lowest BCUT2D eigenvalue weighted by Crippen LogP contribution is -2.42.